The van der Waals surface area contributed by atoms with Crippen LogP contribution in [-0.4, -0.2) is 43.8 Å². The van der Waals surface area contributed by atoms with Crippen LogP contribution < -0.4 is 5.32 Å². The minimum absolute atomic E-state index is 0.121. The van der Waals surface area contributed by atoms with Crippen molar-refractivity contribution in [2.45, 2.75) is 18.9 Å². The smallest absolute Gasteiger partial charge is 0.323 e. The second-order valence-corrected chi connectivity index (χ2v) is 4.73. The van der Waals surface area contributed by atoms with Gasteiger partial charge in [0.2, 0.25) is 0 Å². The molecule has 7 heteroatoms. The Hall–Kier alpha value is -2.44. The van der Waals surface area contributed by atoms with Crippen molar-refractivity contribution in [1.29, 1.82) is 0 Å². The number of carbonyl (C=O) groups is 1. The van der Waals surface area contributed by atoms with Crippen LogP contribution in [0, 0.1) is 0 Å². The number of anilines is 1. The zero-order chi connectivity index (χ0) is 13.8. The fourth-order valence-electron chi connectivity index (χ4n) is 2.38. The predicted octanol–water partition coefficient (Wildman–Crippen LogP) is 1.54. The quantitative estimate of drug-likeness (QED) is 0.899. The van der Waals surface area contributed by atoms with E-state index in [9.17, 15) is 4.79 Å². The molecule has 104 valence electrons. The van der Waals surface area contributed by atoms with Crippen LogP contribution in [0.2, 0.25) is 0 Å². The lowest BCUT2D eigenvalue weighted by molar-refractivity contribution is 0.180. The van der Waals surface area contributed by atoms with Crippen LogP contribution in [0.25, 0.3) is 0 Å². The van der Waals surface area contributed by atoms with Crippen molar-refractivity contribution in [2.75, 3.05) is 18.4 Å². The maximum Gasteiger partial charge on any atom is 0.323 e. The van der Waals surface area contributed by atoms with Gasteiger partial charge in [-0.25, -0.2) is 9.78 Å². The molecule has 1 N–H and O–H groups in total. The van der Waals surface area contributed by atoms with Gasteiger partial charge in [0.1, 0.15) is 0 Å². The second-order valence-electron chi connectivity index (χ2n) is 4.73. The summed E-state index contributed by atoms with van der Waals surface area (Å²) in [6.45, 7) is 1.44. The minimum atomic E-state index is -0.121. The summed E-state index contributed by atoms with van der Waals surface area (Å²) in [7, 11) is 0. The minimum Gasteiger partial charge on any atom is -0.324 e. The van der Waals surface area contributed by atoms with E-state index < -0.39 is 0 Å². The summed E-state index contributed by atoms with van der Waals surface area (Å²) >= 11 is 0. The Morgan fingerprint density at radius 2 is 2.10 bits per heavy atom. The molecule has 0 radical (unpaired) electrons. The molecule has 2 amide bonds. The Labute approximate surface area is 116 Å². The van der Waals surface area contributed by atoms with Gasteiger partial charge in [0.25, 0.3) is 0 Å². The number of piperidine rings is 1. The molecule has 0 aliphatic carbocycles. The van der Waals surface area contributed by atoms with Crippen LogP contribution in [0.15, 0.2) is 37.1 Å². The molecule has 0 saturated carbocycles. The van der Waals surface area contributed by atoms with Gasteiger partial charge in [-0.1, -0.05) is 0 Å². The van der Waals surface area contributed by atoms with Crippen LogP contribution in [-0.2, 0) is 0 Å². The first-order valence-electron chi connectivity index (χ1n) is 6.64. The Balaban J connectivity index is 1.54. The SMILES string of the molecule is O=C(Nc1cnccn1)N1CCC(n2cccn2)CC1. The maximum absolute atomic E-state index is 12.1. The molecular formula is C13H16N6O. The lowest BCUT2D eigenvalue weighted by atomic mass is 10.1. The van der Waals surface area contributed by atoms with Crippen molar-refractivity contribution in [1.82, 2.24) is 24.6 Å². The molecule has 1 saturated heterocycles. The highest BCUT2D eigenvalue weighted by Crippen LogP contribution is 2.21. The zero-order valence-electron chi connectivity index (χ0n) is 11.0. The molecule has 2 aromatic rings. The van der Waals surface area contributed by atoms with Crippen molar-refractivity contribution in [3.63, 3.8) is 0 Å². The van der Waals surface area contributed by atoms with E-state index in [-0.39, 0.29) is 6.03 Å². The van der Waals surface area contributed by atoms with Crippen LogP contribution in [0.3, 0.4) is 0 Å². The fraction of sp³-hybridized carbons (Fsp3) is 0.385. The third-order valence-corrected chi connectivity index (χ3v) is 3.45. The Morgan fingerprint density at radius 1 is 1.25 bits per heavy atom. The molecule has 2 aromatic heterocycles. The number of likely N-dealkylation sites (tertiary alicyclic amines) is 1. The van der Waals surface area contributed by atoms with Crippen molar-refractivity contribution in [2.24, 2.45) is 0 Å². The number of hydrogen-bond donors (Lipinski definition) is 1. The number of aromatic nitrogens is 4. The first kappa shape index (κ1) is 12.6. The standard InChI is InChI=1S/C13H16N6O/c20-13(17-12-10-14-5-6-15-12)18-8-2-11(3-9-18)19-7-1-4-16-19/h1,4-7,10-11H,2-3,8-9H2,(H,15,17,20). The number of urea groups is 1. The average molecular weight is 272 g/mol. The van der Waals surface area contributed by atoms with Crippen LogP contribution in [0.5, 0.6) is 0 Å². The largest absolute Gasteiger partial charge is 0.324 e. The van der Waals surface area contributed by atoms with Gasteiger partial charge >= 0.3 is 6.03 Å². The van der Waals surface area contributed by atoms with Gasteiger partial charge in [-0.05, 0) is 18.9 Å². The summed E-state index contributed by atoms with van der Waals surface area (Å²) in [5, 5.41) is 7.01. The van der Waals surface area contributed by atoms with E-state index in [0.29, 0.717) is 11.9 Å². The molecule has 0 bridgehead atoms. The highest BCUT2D eigenvalue weighted by molar-refractivity contribution is 5.88. The number of hydrogen-bond acceptors (Lipinski definition) is 4. The normalized spacial score (nSPS) is 16.1. The Bertz CT molecular complexity index is 548. The summed E-state index contributed by atoms with van der Waals surface area (Å²) in [6, 6.07) is 2.18. The van der Waals surface area contributed by atoms with E-state index in [1.165, 1.54) is 6.20 Å². The van der Waals surface area contributed by atoms with E-state index in [2.05, 4.69) is 20.4 Å². The second kappa shape index (κ2) is 5.68. The lowest BCUT2D eigenvalue weighted by Crippen LogP contribution is -2.41. The Kier molecular flexibility index (Phi) is 3.58. The summed E-state index contributed by atoms with van der Waals surface area (Å²) in [4.78, 5) is 21.8. The van der Waals surface area contributed by atoms with Gasteiger partial charge in [0.05, 0.1) is 12.2 Å². The van der Waals surface area contributed by atoms with E-state index in [4.69, 9.17) is 0 Å². The number of nitrogens with zero attached hydrogens (tertiary/aromatic N) is 5. The molecule has 0 unspecified atom stereocenters. The molecule has 3 heterocycles. The molecule has 1 aliphatic heterocycles. The molecule has 1 fully saturated rings. The summed E-state index contributed by atoms with van der Waals surface area (Å²) in [5.74, 6) is 0.478. The van der Waals surface area contributed by atoms with Gasteiger partial charge < -0.3 is 4.90 Å². The summed E-state index contributed by atoms with van der Waals surface area (Å²) in [6.07, 6.45) is 10.2. The highest BCUT2D eigenvalue weighted by Gasteiger charge is 2.24. The summed E-state index contributed by atoms with van der Waals surface area (Å²) < 4.78 is 1.97. The van der Waals surface area contributed by atoms with Gasteiger partial charge in [-0.15, -0.1) is 0 Å². The van der Waals surface area contributed by atoms with Crippen molar-refractivity contribution in [3.8, 4) is 0 Å². The molecular weight excluding hydrogens is 256 g/mol. The average Bonchev–Trinajstić information content (AvgIpc) is 3.03. The van der Waals surface area contributed by atoms with E-state index in [0.717, 1.165) is 25.9 Å². The number of carbonyl (C=O) groups excluding carboxylic acids is 1. The van der Waals surface area contributed by atoms with E-state index >= 15 is 0 Å². The molecule has 0 atom stereocenters. The van der Waals surface area contributed by atoms with Gasteiger partial charge in [-0.2, -0.15) is 5.10 Å². The van der Waals surface area contributed by atoms with E-state index in [1.54, 1.807) is 23.5 Å². The number of rotatable bonds is 2. The third kappa shape index (κ3) is 2.76. The van der Waals surface area contributed by atoms with Crippen molar-refractivity contribution < 1.29 is 4.79 Å². The van der Waals surface area contributed by atoms with Gasteiger partial charge in [0, 0.05) is 37.9 Å². The molecule has 20 heavy (non-hydrogen) atoms. The summed E-state index contributed by atoms with van der Waals surface area (Å²) in [5.41, 5.74) is 0. The Morgan fingerprint density at radius 3 is 2.75 bits per heavy atom. The predicted molar refractivity (Wildman–Crippen MR) is 73.1 cm³/mol. The molecule has 3 rings (SSSR count). The molecule has 7 nitrogen and oxygen atoms in total. The lowest BCUT2D eigenvalue weighted by Gasteiger charge is -2.31. The molecule has 1 aliphatic rings. The fourth-order valence-corrected chi connectivity index (χ4v) is 2.38. The van der Waals surface area contributed by atoms with Crippen LogP contribution in [0.1, 0.15) is 18.9 Å². The molecule has 0 aromatic carbocycles. The highest BCUT2D eigenvalue weighted by atomic mass is 16.2. The molecule has 0 spiro atoms. The number of nitrogens with one attached hydrogen (secondary N) is 1. The maximum atomic E-state index is 12.1. The first-order chi connectivity index (χ1) is 9.83. The van der Waals surface area contributed by atoms with Crippen LogP contribution in [0.4, 0.5) is 10.6 Å². The van der Waals surface area contributed by atoms with Gasteiger partial charge in [-0.3, -0.25) is 15.0 Å². The van der Waals surface area contributed by atoms with Crippen LogP contribution >= 0.6 is 0 Å². The van der Waals surface area contributed by atoms with Crippen molar-refractivity contribution in [3.05, 3.63) is 37.1 Å². The van der Waals surface area contributed by atoms with Crippen molar-refractivity contribution >= 4 is 11.8 Å². The first-order valence-corrected chi connectivity index (χ1v) is 6.64. The monoisotopic (exact) mass is 272 g/mol. The zero-order valence-corrected chi connectivity index (χ0v) is 11.0. The van der Waals surface area contributed by atoms with Gasteiger partial charge in [0.15, 0.2) is 5.82 Å². The third-order valence-electron chi connectivity index (χ3n) is 3.45. The topological polar surface area (TPSA) is 75.9 Å². The van der Waals surface area contributed by atoms with E-state index in [1.807, 2.05) is 16.9 Å². The number of amides is 2.